The van der Waals surface area contributed by atoms with Crippen molar-refractivity contribution >= 4 is 16.0 Å². The second-order valence-corrected chi connectivity index (χ2v) is 5.54. The Kier molecular flexibility index (Phi) is 4.58. The number of aromatic amines is 1. The van der Waals surface area contributed by atoms with E-state index in [1.807, 2.05) is 0 Å². The summed E-state index contributed by atoms with van der Waals surface area (Å²) < 4.78 is 25.0. The van der Waals surface area contributed by atoms with Crippen LogP contribution in [0.3, 0.4) is 0 Å². The zero-order valence-electron chi connectivity index (χ0n) is 9.25. The van der Waals surface area contributed by atoms with Gasteiger partial charge in [-0.1, -0.05) is 0 Å². The molecule has 0 aliphatic carbocycles. The average Bonchev–Trinajstić information content (AvgIpc) is 2.76. The van der Waals surface area contributed by atoms with Crippen LogP contribution in [0.1, 0.15) is 19.2 Å². The normalized spacial score (nSPS) is 13.5. The van der Waals surface area contributed by atoms with E-state index in [1.54, 1.807) is 0 Å². The first-order valence-corrected chi connectivity index (χ1v) is 6.53. The van der Waals surface area contributed by atoms with Crippen molar-refractivity contribution in [2.24, 2.45) is 0 Å². The predicted octanol–water partition coefficient (Wildman–Crippen LogP) is -0.870. The summed E-state index contributed by atoms with van der Waals surface area (Å²) in [5.41, 5.74) is 0. The number of aromatic nitrogens is 3. The molecule has 0 aliphatic heterocycles. The SMILES string of the molecule is CC(C(=O)O)S(=O)(=O)NCCCc1ncn[nH]1. The van der Waals surface area contributed by atoms with Gasteiger partial charge in [0.15, 0.2) is 5.25 Å². The van der Waals surface area contributed by atoms with E-state index in [-0.39, 0.29) is 6.54 Å². The van der Waals surface area contributed by atoms with Crippen molar-refractivity contribution in [1.82, 2.24) is 19.9 Å². The molecule has 8 nitrogen and oxygen atoms in total. The molecule has 0 saturated heterocycles. The minimum absolute atomic E-state index is 0.167. The number of carbonyl (C=O) groups is 1. The van der Waals surface area contributed by atoms with Crippen molar-refractivity contribution in [2.45, 2.75) is 25.0 Å². The molecule has 17 heavy (non-hydrogen) atoms. The summed E-state index contributed by atoms with van der Waals surface area (Å²) in [5.74, 6) is -0.705. The summed E-state index contributed by atoms with van der Waals surface area (Å²) in [7, 11) is -3.80. The molecule has 0 amide bonds. The number of aliphatic carboxylic acids is 1. The van der Waals surface area contributed by atoms with Crippen LogP contribution in [0.5, 0.6) is 0 Å². The lowest BCUT2D eigenvalue weighted by Crippen LogP contribution is -2.38. The van der Waals surface area contributed by atoms with Gasteiger partial charge in [0.25, 0.3) is 0 Å². The Morgan fingerprint density at radius 2 is 2.35 bits per heavy atom. The number of carboxylic acids is 1. The molecule has 1 atom stereocenters. The molecule has 0 fully saturated rings. The minimum atomic E-state index is -3.80. The molecular weight excluding hydrogens is 248 g/mol. The number of hydrogen-bond donors (Lipinski definition) is 3. The highest BCUT2D eigenvalue weighted by molar-refractivity contribution is 7.90. The highest BCUT2D eigenvalue weighted by atomic mass is 32.2. The van der Waals surface area contributed by atoms with Crippen LogP contribution in [0.15, 0.2) is 6.33 Å². The average molecular weight is 262 g/mol. The number of hydrogen-bond acceptors (Lipinski definition) is 5. The van der Waals surface area contributed by atoms with Crippen molar-refractivity contribution in [2.75, 3.05) is 6.54 Å². The molecule has 1 aromatic rings. The summed E-state index contributed by atoms with van der Waals surface area (Å²) in [6.45, 7) is 1.29. The highest BCUT2D eigenvalue weighted by Gasteiger charge is 2.26. The molecule has 0 saturated carbocycles. The summed E-state index contributed by atoms with van der Waals surface area (Å²) in [5, 5.41) is 13.4. The summed E-state index contributed by atoms with van der Waals surface area (Å²) in [6.07, 6.45) is 2.43. The molecule has 96 valence electrons. The van der Waals surface area contributed by atoms with Gasteiger partial charge in [-0.05, 0) is 13.3 Å². The summed E-state index contributed by atoms with van der Waals surface area (Å²) >= 11 is 0. The van der Waals surface area contributed by atoms with Gasteiger partial charge in [-0.25, -0.2) is 18.1 Å². The third kappa shape index (κ3) is 4.11. The number of rotatable bonds is 7. The zero-order valence-corrected chi connectivity index (χ0v) is 10.1. The first kappa shape index (κ1) is 13.6. The number of carboxylic acid groups (broad SMARTS) is 1. The quantitative estimate of drug-likeness (QED) is 0.548. The van der Waals surface area contributed by atoms with Gasteiger partial charge in [0.1, 0.15) is 12.2 Å². The number of H-pyrrole nitrogens is 1. The van der Waals surface area contributed by atoms with Gasteiger partial charge in [0.2, 0.25) is 10.0 Å². The van der Waals surface area contributed by atoms with Crippen LogP contribution in [-0.2, 0) is 21.2 Å². The smallest absolute Gasteiger partial charge is 0.323 e. The van der Waals surface area contributed by atoms with Crippen LogP contribution < -0.4 is 4.72 Å². The van der Waals surface area contributed by atoms with Crippen molar-refractivity contribution in [3.63, 3.8) is 0 Å². The van der Waals surface area contributed by atoms with Crippen LogP contribution in [0, 0.1) is 0 Å². The Balaban J connectivity index is 2.33. The Morgan fingerprint density at radius 3 is 2.88 bits per heavy atom. The first-order valence-electron chi connectivity index (χ1n) is 4.99. The molecule has 1 aromatic heterocycles. The fourth-order valence-corrected chi connectivity index (χ4v) is 2.02. The number of sulfonamides is 1. The second-order valence-electron chi connectivity index (χ2n) is 3.46. The van der Waals surface area contributed by atoms with Crippen LogP contribution in [-0.4, -0.2) is 46.5 Å². The van der Waals surface area contributed by atoms with E-state index in [0.29, 0.717) is 18.7 Å². The van der Waals surface area contributed by atoms with Gasteiger partial charge in [0, 0.05) is 13.0 Å². The molecule has 3 N–H and O–H groups in total. The number of nitrogens with one attached hydrogen (secondary N) is 2. The van der Waals surface area contributed by atoms with E-state index in [1.165, 1.54) is 6.33 Å². The van der Waals surface area contributed by atoms with Crippen LogP contribution in [0.2, 0.25) is 0 Å². The van der Waals surface area contributed by atoms with Crippen molar-refractivity contribution < 1.29 is 18.3 Å². The lowest BCUT2D eigenvalue weighted by atomic mass is 10.3. The minimum Gasteiger partial charge on any atom is -0.480 e. The van der Waals surface area contributed by atoms with Gasteiger partial charge < -0.3 is 5.11 Å². The maximum absolute atomic E-state index is 11.4. The van der Waals surface area contributed by atoms with Gasteiger partial charge in [0.05, 0.1) is 0 Å². The fraction of sp³-hybridized carbons (Fsp3) is 0.625. The predicted molar refractivity (Wildman–Crippen MR) is 58.7 cm³/mol. The van der Waals surface area contributed by atoms with Crippen LogP contribution >= 0.6 is 0 Å². The second kappa shape index (κ2) is 5.73. The highest BCUT2D eigenvalue weighted by Crippen LogP contribution is 1.99. The van der Waals surface area contributed by atoms with Gasteiger partial charge in [-0.3, -0.25) is 9.89 Å². The van der Waals surface area contributed by atoms with Gasteiger partial charge in [-0.15, -0.1) is 0 Å². The third-order valence-electron chi connectivity index (χ3n) is 2.17. The largest absolute Gasteiger partial charge is 0.480 e. The molecule has 1 rings (SSSR count). The van der Waals surface area contributed by atoms with Gasteiger partial charge in [-0.2, -0.15) is 5.10 Å². The van der Waals surface area contributed by atoms with Crippen LogP contribution in [0.4, 0.5) is 0 Å². The standard InChI is InChI=1S/C8H14N4O4S/c1-6(8(13)14)17(15,16)11-4-2-3-7-9-5-10-12-7/h5-6,11H,2-4H2,1H3,(H,13,14)(H,9,10,12). The monoisotopic (exact) mass is 262 g/mol. The zero-order chi connectivity index (χ0) is 12.9. The molecule has 9 heteroatoms. The molecule has 0 bridgehead atoms. The maximum Gasteiger partial charge on any atom is 0.323 e. The van der Waals surface area contributed by atoms with Crippen molar-refractivity contribution in [3.8, 4) is 0 Å². The molecule has 0 aromatic carbocycles. The first-order chi connectivity index (χ1) is 7.93. The third-order valence-corrected chi connectivity index (χ3v) is 3.91. The Bertz CT molecular complexity index is 456. The van der Waals surface area contributed by atoms with Crippen molar-refractivity contribution in [3.05, 3.63) is 12.2 Å². The number of aryl methyl sites for hydroxylation is 1. The summed E-state index contributed by atoms with van der Waals surface area (Å²) in [6, 6.07) is 0. The van der Waals surface area contributed by atoms with Gasteiger partial charge >= 0.3 is 5.97 Å². The molecule has 0 radical (unpaired) electrons. The molecule has 0 aliphatic rings. The maximum atomic E-state index is 11.4. The summed E-state index contributed by atoms with van der Waals surface area (Å²) in [4.78, 5) is 14.4. The van der Waals surface area contributed by atoms with E-state index < -0.39 is 21.2 Å². The van der Waals surface area contributed by atoms with E-state index >= 15 is 0 Å². The molecule has 1 heterocycles. The van der Waals surface area contributed by atoms with E-state index in [0.717, 1.165) is 6.92 Å². The van der Waals surface area contributed by atoms with Crippen molar-refractivity contribution in [1.29, 1.82) is 0 Å². The lowest BCUT2D eigenvalue weighted by molar-refractivity contribution is -0.136. The molecular formula is C8H14N4O4S. The Labute approximate surface area is 98.5 Å². The molecule has 1 unspecified atom stereocenters. The lowest BCUT2D eigenvalue weighted by Gasteiger charge is -2.09. The molecule has 0 spiro atoms. The number of nitrogens with zero attached hydrogens (tertiary/aromatic N) is 2. The fourth-order valence-electron chi connectivity index (χ4n) is 1.08. The van der Waals surface area contributed by atoms with E-state index in [4.69, 9.17) is 5.11 Å². The van der Waals surface area contributed by atoms with E-state index in [9.17, 15) is 13.2 Å². The van der Waals surface area contributed by atoms with E-state index in [2.05, 4.69) is 19.9 Å². The Morgan fingerprint density at radius 1 is 1.65 bits per heavy atom. The van der Waals surface area contributed by atoms with Crippen LogP contribution in [0.25, 0.3) is 0 Å². The topological polar surface area (TPSA) is 125 Å². The Hall–Kier alpha value is -1.48.